The van der Waals surface area contributed by atoms with Crippen molar-refractivity contribution in [2.45, 2.75) is 18.9 Å². The number of nitrogens with two attached hydrogens (primary N) is 1. The number of carboxylic acid groups (broad SMARTS) is 1. The monoisotopic (exact) mass is 249 g/mol. The highest BCUT2D eigenvalue weighted by atomic mass is 16.4. The molecule has 6 heteroatoms. The Balaban J connectivity index is 2.60. The molecule has 18 heavy (non-hydrogen) atoms. The number of carbonyl (C=O) groups is 2. The molecule has 1 amide bonds. The average Bonchev–Trinajstić information content (AvgIpc) is 2.31. The molecule has 96 valence electrons. The van der Waals surface area contributed by atoms with Crippen molar-refractivity contribution < 1.29 is 14.7 Å². The minimum Gasteiger partial charge on any atom is -0.481 e. The van der Waals surface area contributed by atoms with Crippen molar-refractivity contribution in [3.63, 3.8) is 0 Å². The van der Waals surface area contributed by atoms with Crippen LogP contribution in [0.1, 0.15) is 12.1 Å². The second kappa shape index (κ2) is 6.51. The lowest BCUT2D eigenvalue weighted by Crippen LogP contribution is -2.35. The van der Waals surface area contributed by atoms with Gasteiger partial charge in [0.2, 0.25) is 5.91 Å². The summed E-state index contributed by atoms with van der Waals surface area (Å²) in [5.74, 6) is -1.28. The average molecular weight is 249 g/mol. The van der Waals surface area contributed by atoms with Crippen molar-refractivity contribution in [2.75, 3.05) is 5.32 Å². The molecule has 1 aromatic heterocycles. The Morgan fingerprint density at radius 1 is 1.56 bits per heavy atom. The molecule has 1 aromatic rings. The molecule has 0 aliphatic rings. The number of aromatic nitrogens is 1. The Morgan fingerprint density at radius 2 is 2.28 bits per heavy atom. The highest BCUT2D eigenvalue weighted by Gasteiger charge is 2.11. The van der Waals surface area contributed by atoms with Crippen LogP contribution in [0.25, 0.3) is 0 Å². The van der Waals surface area contributed by atoms with Crippen LogP contribution in [0.4, 0.5) is 5.69 Å². The molecule has 0 fully saturated rings. The predicted octanol–water partition coefficient (Wildman–Crippen LogP) is 0.551. The number of carboxylic acids is 1. The Hall–Kier alpha value is -2.21. The number of hydrogen-bond acceptors (Lipinski definition) is 4. The maximum absolute atomic E-state index is 11.6. The molecule has 0 spiro atoms. The first-order valence-corrected chi connectivity index (χ1v) is 5.37. The van der Waals surface area contributed by atoms with E-state index in [0.717, 1.165) is 0 Å². The van der Waals surface area contributed by atoms with Gasteiger partial charge in [-0.05, 0) is 18.6 Å². The zero-order valence-corrected chi connectivity index (χ0v) is 9.80. The number of aliphatic carboxylic acids is 1. The van der Waals surface area contributed by atoms with Crippen molar-refractivity contribution in [1.82, 2.24) is 4.98 Å². The summed E-state index contributed by atoms with van der Waals surface area (Å²) in [7, 11) is 0. The van der Waals surface area contributed by atoms with Crippen molar-refractivity contribution in [3.05, 3.63) is 36.7 Å². The number of carbonyl (C=O) groups excluding carboxylic acids is 1. The number of anilines is 1. The number of nitrogens with zero attached hydrogens (tertiary/aromatic N) is 1. The summed E-state index contributed by atoms with van der Waals surface area (Å²) in [5.41, 5.74) is 6.50. The number of hydrogen-bond donors (Lipinski definition) is 3. The fourth-order valence-corrected chi connectivity index (χ4v) is 1.28. The van der Waals surface area contributed by atoms with Gasteiger partial charge < -0.3 is 16.2 Å². The van der Waals surface area contributed by atoms with E-state index in [-0.39, 0.29) is 12.3 Å². The lowest BCUT2D eigenvalue weighted by Gasteiger charge is -2.10. The lowest BCUT2D eigenvalue weighted by molar-refractivity contribution is -0.136. The quantitative estimate of drug-likeness (QED) is 0.638. The molecular weight excluding hydrogens is 234 g/mol. The van der Waals surface area contributed by atoms with Crippen LogP contribution in [0, 0.1) is 0 Å². The highest BCUT2D eigenvalue weighted by Crippen LogP contribution is 2.07. The van der Waals surface area contributed by atoms with E-state index in [1.807, 2.05) is 0 Å². The number of pyridine rings is 1. The smallest absolute Gasteiger partial charge is 0.309 e. The van der Waals surface area contributed by atoms with Gasteiger partial charge in [0.25, 0.3) is 0 Å². The van der Waals surface area contributed by atoms with Crippen molar-refractivity contribution in [2.24, 2.45) is 5.73 Å². The van der Waals surface area contributed by atoms with Gasteiger partial charge in [-0.3, -0.25) is 14.6 Å². The van der Waals surface area contributed by atoms with E-state index < -0.39 is 12.0 Å². The zero-order valence-electron chi connectivity index (χ0n) is 9.80. The van der Waals surface area contributed by atoms with Crippen LogP contribution in [0.3, 0.4) is 0 Å². The van der Waals surface area contributed by atoms with Crippen LogP contribution >= 0.6 is 0 Å². The number of amides is 1. The molecule has 1 rings (SSSR count). The summed E-state index contributed by atoms with van der Waals surface area (Å²) in [5, 5.41) is 11.2. The first-order chi connectivity index (χ1) is 8.52. The summed E-state index contributed by atoms with van der Waals surface area (Å²) >= 11 is 0. The van der Waals surface area contributed by atoms with Crippen LogP contribution < -0.4 is 11.1 Å². The van der Waals surface area contributed by atoms with Crippen molar-refractivity contribution >= 4 is 17.6 Å². The van der Waals surface area contributed by atoms with Crippen LogP contribution in [0.15, 0.2) is 31.0 Å². The van der Waals surface area contributed by atoms with Crippen molar-refractivity contribution in [3.8, 4) is 0 Å². The molecule has 1 heterocycles. The van der Waals surface area contributed by atoms with E-state index in [1.54, 1.807) is 18.2 Å². The van der Waals surface area contributed by atoms with Gasteiger partial charge in [-0.2, -0.15) is 0 Å². The van der Waals surface area contributed by atoms with Gasteiger partial charge in [0.1, 0.15) is 0 Å². The van der Waals surface area contributed by atoms with Gasteiger partial charge in [0.05, 0.1) is 30.0 Å². The van der Waals surface area contributed by atoms with Crippen LogP contribution in [0.2, 0.25) is 0 Å². The first kappa shape index (κ1) is 13.9. The van der Waals surface area contributed by atoms with Gasteiger partial charge in [-0.15, -0.1) is 6.58 Å². The molecule has 0 aromatic carbocycles. The van der Waals surface area contributed by atoms with Gasteiger partial charge in [0.15, 0.2) is 0 Å². The summed E-state index contributed by atoms with van der Waals surface area (Å²) in [6.45, 7) is 3.50. The van der Waals surface area contributed by atoms with Crippen LogP contribution in [-0.2, 0) is 16.0 Å². The minimum absolute atomic E-state index is 0.149. The third-order valence-electron chi connectivity index (χ3n) is 2.18. The number of nitrogens with one attached hydrogen (secondary N) is 1. The molecule has 0 radical (unpaired) electrons. The minimum atomic E-state index is -0.952. The molecular formula is C12H15N3O3. The Labute approximate surface area is 105 Å². The largest absolute Gasteiger partial charge is 0.481 e. The SMILES string of the molecule is C=CCC(N)C(=O)Nc1ccc(CC(=O)O)nc1. The topological polar surface area (TPSA) is 105 Å². The maximum atomic E-state index is 11.6. The third-order valence-corrected chi connectivity index (χ3v) is 2.18. The highest BCUT2D eigenvalue weighted by molar-refractivity contribution is 5.94. The Bertz CT molecular complexity index is 442. The first-order valence-electron chi connectivity index (χ1n) is 5.37. The zero-order chi connectivity index (χ0) is 13.5. The molecule has 0 saturated heterocycles. The van der Waals surface area contributed by atoms with Gasteiger partial charge in [0, 0.05) is 0 Å². The van der Waals surface area contributed by atoms with Crippen LogP contribution in [-0.4, -0.2) is 28.0 Å². The fraction of sp³-hybridized carbons (Fsp3) is 0.250. The molecule has 0 saturated carbocycles. The molecule has 0 aliphatic heterocycles. The summed E-state index contributed by atoms with van der Waals surface area (Å²) in [6, 6.07) is 2.48. The van der Waals surface area contributed by atoms with E-state index in [4.69, 9.17) is 10.8 Å². The molecule has 1 atom stereocenters. The normalized spacial score (nSPS) is 11.6. The maximum Gasteiger partial charge on any atom is 0.309 e. The summed E-state index contributed by atoms with van der Waals surface area (Å²) < 4.78 is 0. The molecule has 4 N–H and O–H groups in total. The van der Waals surface area contributed by atoms with E-state index in [1.165, 1.54) is 6.20 Å². The Kier molecular flexibility index (Phi) is 5.01. The second-order valence-electron chi connectivity index (χ2n) is 3.73. The molecule has 1 unspecified atom stereocenters. The molecule has 0 bridgehead atoms. The predicted molar refractivity (Wildman–Crippen MR) is 67.0 cm³/mol. The van der Waals surface area contributed by atoms with E-state index in [2.05, 4.69) is 16.9 Å². The van der Waals surface area contributed by atoms with Crippen LogP contribution in [0.5, 0.6) is 0 Å². The van der Waals surface area contributed by atoms with Crippen molar-refractivity contribution in [1.29, 1.82) is 0 Å². The van der Waals surface area contributed by atoms with Gasteiger partial charge in [-0.1, -0.05) is 6.08 Å². The fourth-order valence-electron chi connectivity index (χ4n) is 1.28. The van der Waals surface area contributed by atoms with E-state index >= 15 is 0 Å². The molecule has 0 aliphatic carbocycles. The second-order valence-corrected chi connectivity index (χ2v) is 3.73. The molecule has 6 nitrogen and oxygen atoms in total. The van der Waals surface area contributed by atoms with Gasteiger partial charge >= 0.3 is 5.97 Å². The summed E-state index contributed by atoms with van der Waals surface area (Å²) in [4.78, 5) is 25.9. The third kappa shape index (κ3) is 4.34. The van der Waals surface area contributed by atoms with Gasteiger partial charge in [-0.25, -0.2) is 0 Å². The summed E-state index contributed by atoms with van der Waals surface area (Å²) in [6.07, 6.45) is 3.20. The lowest BCUT2D eigenvalue weighted by atomic mass is 10.2. The standard InChI is InChI=1S/C12H15N3O3/c1-2-3-10(13)12(18)15-9-5-4-8(14-7-9)6-11(16)17/h2,4-5,7,10H,1,3,6,13H2,(H,15,18)(H,16,17). The van der Waals surface area contributed by atoms with E-state index in [0.29, 0.717) is 17.8 Å². The Morgan fingerprint density at radius 3 is 2.78 bits per heavy atom. The van der Waals surface area contributed by atoms with E-state index in [9.17, 15) is 9.59 Å². The number of rotatable bonds is 6.